The van der Waals surface area contributed by atoms with Gasteiger partial charge in [-0.25, -0.2) is 21.6 Å². The zero-order valence-corrected chi connectivity index (χ0v) is 14.5. The van der Waals surface area contributed by atoms with Gasteiger partial charge in [-0.05, 0) is 30.9 Å². The Hall–Kier alpha value is -0.960. The Morgan fingerprint density at radius 1 is 1.23 bits per heavy atom. The van der Waals surface area contributed by atoms with Crippen molar-refractivity contribution in [2.75, 3.05) is 25.1 Å². The van der Waals surface area contributed by atoms with Gasteiger partial charge in [-0.3, -0.25) is 0 Å². The van der Waals surface area contributed by atoms with Crippen LogP contribution in [0.5, 0.6) is 0 Å². The summed E-state index contributed by atoms with van der Waals surface area (Å²) in [5.41, 5.74) is 2.23. The third-order valence-corrected chi connectivity index (χ3v) is 7.30. The number of hydrogen-bond acceptors (Lipinski definition) is 4. The van der Waals surface area contributed by atoms with E-state index in [-0.39, 0.29) is 24.1 Å². The maximum atomic E-state index is 12.4. The first kappa shape index (κ1) is 17.4. The number of nitrogens with one attached hydrogen (secondary N) is 1. The van der Waals surface area contributed by atoms with Gasteiger partial charge in [0, 0.05) is 19.6 Å². The number of rotatable bonds is 7. The summed E-state index contributed by atoms with van der Waals surface area (Å²) in [4.78, 5) is 0. The van der Waals surface area contributed by atoms with Crippen LogP contribution in [0.4, 0.5) is 0 Å². The van der Waals surface area contributed by atoms with Crippen molar-refractivity contribution < 1.29 is 16.8 Å². The summed E-state index contributed by atoms with van der Waals surface area (Å²) in [5, 5.41) is 0. The van der Waals surface area contributed by atoms with Crippen molar-refractivity contribution in [3.05, 3.63) is 35.4 Å². The minimum absolute atomic E-state index is 0.0567. The molecule has 1 aliphatic rings. The molecular weight excluding hydrogens is 324 g/mol. The molecule has 2 rings (SSSR count). The van der Waals surface area contributed by atoms with Gasteiger partial charge >= 0.3 is 0 Å². The van der Waals surface area contributed by atoms with Crippen molar-refractivity contribution in [2.24, 2.45) is 0 Å². The van der Waals surface area contributed by atoms with Gasteiger partial charge in [-0.2, -0.15) is 4.31 Å². The van der Waals surface area contributed by atoms with Gasteiger partial charge in [0.05, 0.1) is 11.5 Å². The van der Waals surface area contributed by atoms with Crippen LogP contribution in [0.1, 0.15) is 30.5 Å². The van der Waals surface area contributed by atoms with Crippen molar-refractivity contribution in [1.29, 1.82) is 0 Å². The highest BCUT2D eigenvalue weighted by Crippen LogP contribution is 2.36. The molecule has 1 aromatic carbocycles. The van der Waals surface area contributed by atoms with Gasteiger partial charge in [0.2, 0.25) is 20.0 Å². The molecule has 0 saturated carbocycles. The fourth-order valence-corrected chi connectivity index (χ4v) is 4.68. The van der Waals surface area contributed by atoms with Crippen molar-refractivity contribution in [1.82, 2.24) is 9.03 Å². The number of benzene rings is 1. The molecule has 0 aromatic heterocycles. The molecule has 0 radical (unpaired) electrons. The maximum Gasteiger partial charge on any atom is 0.215 e. The summed E-state index contributed by atoms with van der Waals surface area (Å²) in [6.45, 7) is 1.41. The topological polar surface area (TPSA) is 83.5 Å². The van der Waals surface area contributed by atoms with Crippen LogP contribution in [0.15, 0.2) is 24.3 Å². The molecule has 1 aromatic rings. The molecule has 0 aliphatic heterocycles. The fourth-order valence-electron chi connectivity index (χ4n) is 2.68. The molecule has 0 bridgehead atoms. The second kappa shape index (κ2) is 6.66. The molecule has 1 unspecified atom stereocenters. The van der Waals surface area contributed by atoms with E-state index in [0.717, 1.165) is 18.4 Å². The predicted octanol–water partition coefficient (Wildman–Crippen LogP) is 0.875. The summed E-state index contributed by atoms with van der Waals surface area (Å²) in [6, 6.07) is 7.68. The first-order chi connectivity index (χ1) is 10.3. The van der Waals surface area contributed by atoms with Gasteiger partial charge in [0.1, 0.15) is 0 Å². The second-order valence-corrected chi connectivity index (χ2v) is 9.63. The molecule has 0 heterocycles. The summed E-state index contributed by atoms with van der Waals surface area (Å²) >= 11 is 0. The molecule has 0 amide bonds. The molecule has 1 atom stereocenters. The monoisotopic (exact) mass is 346 g/mol. The zero-order valence-electron chi connectivity index (χ0n) is 12.8. The molecule has 1 N–H and O–H groups in total. The van der Waals surface area contributed by atoms with Crippen molar-refractivity contribution in [3.63, 3.8) is 0 Å². The van der Waals surface area contributed by atoms with Gasteiger partial charge in [-0.1, -0.05) is 24.3 Å². The first-order valence-electron chi connectivity index (χ1n) is 7.27. The van der Waals surface area contributed by atoms with Crippen LogP contribution < -0.4 is 4.72 Å². The Labute approximate surface area is 132 Å². The van der Waals surface area contributed by atoms with Gasteiger partial charge in [0.25, 0.3) is 0 Å². The van der Waals surface area contributed by atoms with Gasteiger partial charge < -0.3 is 0 Å². The fraction of sp³-hybridized carbons (Fsp3) is 0.571. The minimum atomic E-state index is -3.51. The molecule has 8 heteroatoms. The number of nitrogens with zero attached hydrogens (tertiary/aromatic N) is 1. The third kappa shape index (κ3) is 3.87. The Balaban J connectivity index is 2.04. The lowest BCUT2D eigenvalue weighted by Gasteiger charge is -2.24. The van der Waals surface area contributed by atoms with E-state index < -0.39 is 20.0 Å². The highest BCUT2D eigenvalue weighted by Gasteiger charge is 2.32. The third-order valence-electron chi connectivity index (χ3n) is 4.04. The summed E-state index contributed by atoms with van der Waals surface area (Å²) in [7, 11) is -5.31. The molecule has 0 fully saturated rings. The quantitative estimate of drug-likeness (QED) is 0.794. The summed E-state index contributed by atoms with van der Waals surface area (Å²) in [6.07, 6.45) is 1.62. The van der Waals surface area contributed by atoms with E-state index in [1.807, 2.05) is 24.3 Å². The van der Waals surface area contributed by atoms with Crippen LogP contribution in [0.25, 0.3) is 0 Å². The first-order valence-corrected chi connectivity index (χ1v) is 10.5. The number of hydrogen-bond donors (Lipinski definition) is 1. The van der Waals surface area contributed by atoms with Crippen LogP contribution in [0.3, 0.4) is 0 Å². The van der Waals surface area contributed by atoms with Gasteiger partial charge in [0.15, 0.2) is 0 Å². The average molecular weight is 346 g/mol. The van der Waals surface area contributed by atoms with Crippen molar-refractivity contribution in [3.8, 4) is 0 Å². The standard InChI is InChI=1S/C14H22N2O4S2/c1-3-21(17,18)15-10-11-22(19,20)16(2)14-9-8-12-6-4-5-7-13(12)14/h4-7,14-15H,3,8-11H2,1-2H3. The zero-order chi connectivity index (χ0) is 16.4. The van der Waals surface area contributed by atoms with E-state index in [9.17, 15) is 16.8 Å². The van der Waals surface area contributed by atoms with Crippen molar-refractivity contribution in [2.45, 2.75) is 25.8 Å². The Kier molecular flexibility index (Phi) is 5.26. The Morgan fingerprint density at radius 2 is 1.91 bits per heavy atom. The van der Waals surface area contributed by atoms with E-state index in [4.69, 9.17) is 0 Å². The Morgan fingerprint density at radius 3 is 2.59 bits per heavy atom. The average Bonchev–Trinajstić information content (AvgIpc) is 2.89. The molecular formula is C14H22N2O4S2. The van der Waals surface area contributed by atoms with E-state index in [0.29, 0.717) is 0 Å². The van der Waals surface area contributed by atoms with Gasteiger partial charge in [-0.15, -0.1) is 0 Å². The molecule has 0 spiro atoms. The van der Waals surface area contributed by atoms with E-state index in [1.54, 1.807) is 7.05 Å². The molecule has 6 nitrogen and oxygen atoms in total. The predicted molar refractivity (Wildman–Crippen MR) is 86.5 cm³/mol. The van der Waals surface area contributed by atoms with Crippen LogP contribution in [-0.2, 0) is 26.5 Å². The summed E-state index contributed by atoms with van der Waals surface area (Å²) < 4.78 is 51.2. The van der Waals surface area contributed by atoms with Crippen LogP contribution >= 0.6 is 0 Å². The second-order valence-electron chi connectivity index (χ2n) is 5.38. The normalized spacial score (nSPS) is 18.6. The maximum absolute atomic E-state index is 12.4. The molecule has 0 saturated heterocycles. The van der Waals surface area contributed by atoms with Crippen LogP contribution in [-0.4, -0.2) is 46.2 Å². The van der Waals surface area contributed by atoms with E-state index in [1.165, 1.54) is 16.8 Å². The lowest BCUT2D eigenvalue weighted by atomic mass is 10.1. The lowest BCUT2D eigenvalue weighted by Crippen LogP contribution is -2.37. The highest BCUT2D eigenvalue weighted by atomic mass is 32.2. The SMILES string of the molecule is CCS(=O)(=O)NCCS(=O)(=O)N(C)C1CCc2ccccc21. The smallest absolute Gasteiger partial charge is 0.214 e. The largest absolute Gasteiger partial charge is 0.215 e. The van der Waals surface area contributed by atoms with Crippen molar-refractivity contribution >= 4 is 20.0 Å². The lowest BCUT2D eigenvalue weighted by molar-refractivity contribution is 0.374. The highest BCUT2D eigenvalue weighted by molar-refractivity contribution is 7.90. The molecule has 1 aliphatic carbocycles. The minimum Gasteiger partial charge on any atom is -0.214 e. The van der Waals surface area contributed by atoms with E-state index >= 15 is 0 Å². The summed E-state index contributed by atoms with van der Waals surface area (Å²) in [5.74, 6) is -0.291. The molecule has 22 heavy (non-hydrogen) atoms. The number of fused-ring (bicyclic) bond motifs is 1. The van der Waals surface area contributed by atoms with Crippen LogP contribution in [0, 0.1) is 0 Å². The number of aryl methyl sites for hydroxylation is 1. The van der Waals surface area contributed by atoms with E-state index in [2.05, 4.69) is 4.72 Å². The molecule has 124 valence electrons. The van der Waals surface area contributed by atoms with Crippen LogP contribution in [0.2, 0.25) is 0 Å². The Bertz CT molecular complexity index is 729. The number of sulfonamides is 2.